The summed E-state index contributed by atoms with van der Waals surface area (Å²) in [6.45, 7) is 6.73. The Kier molecular flexibility index (Phi) is 10.6. The van der Waals surface area contributed by atoms with Crippen LogP contribution >= 0.6 is 11.6 Å². The Labute approximate surface area is 295 Å². The van der Waals surface area contributed by atoms with Crippen LogP contribution in [0.3, 0.4) is 0 Å². The zero-order valence-corrected chi connectivity index (χ0v) is 28.8. The molecule has 1 unspecified atom stereocenters. The summed E-state index contributed by atoms with van der Waals surface area (Å²) < 4.78 is 33.8. The van der Waals surface area contributed by atoms with Gasteiger partial charge < -0.3 is 24.3 Å². The maximum atomic E-state index is 15.9. The second kappa shape index (κ2) is 15.1. The Morgan fingerprint density at radius 1 is 1.00 bits per heavy atom. The number of benzene rings is 2. The van der Waals surface area contributed by atoms with Gasteiger partial charge in [0.05, 0.1) is 41.5 Å². The molecule has 1 aliphatic carbocycles. The number of Topliss-reactive ketones (excluding diaryl/α,β-unsaturated/α-hetero) is 1. The number of nitrogens with one attached hydrogen (secondary N) is 1. The Bertz CT molecular complexity index is 1710. The van der Waals surface area contributed by atoms with Crippen LogP contribution in [-0.4, -0.2) is 108 Å². The van der Waals surface area contributed by atoms with E-state index in [-0.39, 0.29) is 34.6 Å². The van der Waals surface area contributed by atoms with E-state index in [2.05, 4.69) is 20.0 Å². The van der Waals surface area contributed by atoms with Gasteiger partial charge in [-0.1, -0.05) is 29.8 Å². The Morgan fingerprint density at radius 2 is 1.72 bits per heavy atom. The number of carbonyl (C=O) groups is 3. The van der Waals surface area contributed by atoms with E-state index in [9.17, 15) is 19.5 Å². The van der Waals surface area contributed by atoms with Crippen molar-refractivity contribution in [3.8, 4) is 0 Å². The molecule has 50 heavy (non-hydrogen) atoms. The first-order valence-corrected chi connectivity index (χ1v) is 18.1. The van der Waals surface area contributed by atoms with Crippen LogP contribution in [0, 0.1) is 17.7 Å². The lowest BCUT2D eigenvalue weighted by Gasteiger charge is -2.56. The lowest BCUT2D eigenvalue weighted by molar-refractivity contribution is -0.276. The van der Waals surface area contributed by atoms with Crippen molar-refractivity contribution >= 4 is 45.9 Å². The zero-order valence-electron chi connectivity index (χ0n) is 28.1. The molecule has 1 atom stereocenters. The van der Waals surface area contributed by atoms with Crippen molar-refractivity contribution in [3.05, 3.63) is 64.6 Å². The number of anilines is 1. The maximum absolute atomic E-state index is 15.9. The van der Waals surface area contributed by atoms with Crippen LogP contribution in [0.15, 0.2) is 47.1 Å². The summed E-state index contributed by atoms with van der Waals surface area (Å²) in [5.41, 5.74) is 1.04. The number of carbonyl (C=O) groups excluding carboxylic acids is 2. The highest BCUT2D eigenvalue weighted by atomic mass is 35.5. The van der Waals surface area contributed by atoms with Gasteiger partial charge in [-0.3, -0.25) is 29.1 Å². The fraction of sp³-hybridized carbons (Fsp3) is 0.541. The number of carboxylic acid groups (broad SMARTS) is 1. The lowest BCUT2D eigenvalue weighted by Crippen LogP contribution is -2.73. The number of aliphatic carboxylic acids is 1. The highest BCUT2D eigenvalue weighted by Gasteiger charge is 2.56. The van der Waals surface area contributed by atoms with Gasteiger partial charge in [-0.15, -0.1) is 0 Å². The summed E-state index contributed by atoms with van der Waals surface area (Å²) >= 11 is 6.63. The summed E-state index contributed by atoms with van der Waals surface area (Å²) in [6, 6.07) is 9.67. The molecule has 3 aliphatic heterocycles. The Morgan fingerprint density at radius 3 is 2.44 bits per heavy atom. The van der Waals surface area contributed by atoms with Crippen LogP contribution < -0.4 is 5.32 Å². The van der Waals surface area contributed by atoms with E-state index in [1.165, 1.54) is 12.3 Å². The van der Waals surface area contributed by atoms with Crippen LogP contribution in [0.1, 0.15) is 54.4 Å². The Balaban J connectivity index is 1.13. The first-order chi connectivity index (χ1) is 24.2. The molecule has 4 heterocycles. The zero-order chi connectivity index (χ0) is 34.8. The standard InChI is InChI=1S/C37H44ClFN4O7/c38-30-17-26(31(39)19-32(30)40-35(45)29-23-49-33-6-2-1-5-28(29)33)18-34(44)37(42-11-3-4-12-42,50-27-9-7-25(8-10-27)36(46)47)43-21-24(22-43)20-41-13-15-48-16-14-41/h1-2,5-6,17,19,23-25,27H,3-4,7-16,18,20-22H2,(H,40,45)(H,46,47)/t25-,27-,37?. The third-order valence-corrected chi connectivity index (χ3v) is 11.0. The van der Waals surface area contributed by atoms with Gasteiger partial charge in [-0.25, -0.2) is 4.39 Å². The summed E-state index contributed by atoms with van der Waals surface area (Å²) in [5, 5.41) is 13.0. The minimum absolute atomic E-state index is 0.0848. The molecule has 13 heteroatoms. The maximum Gasteiger partial charge on any atom is 0.306 e. The molecular weight excluding hydrogens is 667 g/mol. The van der Waals surface area contributed by atoms with Gasteiger partial charge in [0.25, 0.3) is 5.91 Å². The number of carboxylic acids is 1. The van der Waals surface area contributed by atoms with E-state index in [1.54, 1.807) is 24.3 Å². The molecule has 1 amide bonds. The number of hydrogen-bond acceptors (Lipinski definition) is 9. The first kappa shape index (κ1) is 35.0. The van der Waals surface area contributed by atoms with E-state index < -0.39 is 29.5 Å². The number of nitrogens with zero attached hydrogens (tertiary/aromatic N) is 3. The molecule has 0 radical (unpaired) electrons. The van der Waals surface area contributed by atoms with E-state index in [0.29, 0.717) is 87.5 Å². The molecule has 1 saturated carbocycles. The molecule has 11 nitrogen and oxygen atoms in total. The third kappa shape index (κ3) is 7.19. The molecule has 0 spiro atoms. The number of halogens is 2. The van der Waals surface area contributed by atoms with Crippen LogP contribution in [0.2, 0.25) is 5.02 Å². The highest BCUT2D eigenvalue weighted by Crippen LogP contribution is 2.40. The second-order valence-electron chi connectivity index (χ2n) is 14.0. The number of rotatable bonds is 12. The van der Waals surface area contributed by atoms with Gasteiger partial charge in [-0.05, 0) is 68.2 Å². The van der Waals surface area contributed by atoms with Crippen molar-refractivity contribution in [1.29, 1.82) is 0 Å². The van der Waals surface area contributed by atoms with E-state index in [4.69, 9.17) is 25.5 Å². The number of likely N-dealkylation sites (tertiary alicyclic amines) is 2. The van der Waals surface area contributed by atoms with Crippen molar-refractivity contribution in [2.24, 2.45) is 11.8 Å². The third-order valence-electron chi connectivity index (χ3n) is 10.7. The van der Waals surface area contributed by atoms with Crippen LogP contribution in [0.4, 0.5) is 10.1 Å². The smallest absolute Gasteiger partial charge is 0.306 e. The number of furan rings is 1. The van der Waals surface area contributed by atoms with Gasteiger partial charge in [0.1, 0.15) is 17.7 Å². The SMILES string of the molecule is O=C(Nc1cc(F)c(CC(=O)C(O[C@H]2CC[C@H](C(=O)O)CC2)(N2CCCC2)N2CC(CN3CCOCC3)C2)cc1Cl)c1coc2ccccc12. The van der Waals surface area contributed by atoms with Crippen molar-refractivity contribution in [2.45, 2.75) is 56.9 Å². The monoisotopic (exact) mass is 710 g/mol. The predicted octanol–water partition coefficient (Wildman–Crippen LogP) is 5.26. The van der Waals surface area contributed by atoms with Crippen molar-refractivity contribution in [2.75, 3.05) is 64.3 Å². The Hall–Kier alpha value is -3.39. The molecule has 3 saturated heterocycles. The molecular formula is C37H44ClFN4O7. The van der Waals surface area contributed by atoms with Gasteiger partial charge >= 0.3 is 5.97 Å². The van der Waals surface area contributed by atoms with Crippen LogP contribution in [0.5, 0.6) is 0 Å². The summed E-state index contributed by atoms with van der Waals surface area (Å²) in [4.78, 5) is 46.2. The van der Waals surface area contributed by atoms with Crippen molar-refractivity contribution in [3.63, 3.8) is 0 Å². The van der Waals surface area contributed by atoms with Gasteiger partial charge in [0, 0.05) is 57.6 Å². The normalized spacial score (nSPS) is 23.8. The van der Waals surface area contributed by atoms with Gasteiger partial charge in [0.2, 0.25) is 5.85 Å². The number of ether oxygens (including phenoxy) is 2. The van der Waals surface area contributed by atoms with Crippen LogP contribution in [-0.2, 0) is 25.5 Å². The van der Waals surface area contributed by atoms with Crippen LogP contribution in [0.25, 0.3) is 11.0 Å². The molecule has 0 bridgehead atoms. The average molecular weight is 711 g/mol. The number of hydrogen-bond donors (Lipinski definition) is 2. The minimum Gasteiger partial charge on any atom is -0.481 e. The number of para-hydroxylation sites is 1. The van der Waals surface area contributed by atoms with Crippen molar-refractivity contribution in [1.82, 2.24) is 14.7 Å². The highest BCUT2D eigenvalue weighted by molar-refractivity contribution is 6.34. The van der Waals surface area contributed by atoms with Gasteiger partial charge in [0.15, 0.2) is 5.78 Å². The molecule has 268 valence electrons. The number of amides is 1. The molecule has 3 aromatic rings. The first-order valence-electron chi connectivity index (χ1n) is 17.7. The van der Waals surface area contributed by atoms with Gasteiger partial charge in [-0.2, -0.15) is 0 Å². The summed E-state index contributed by atoms with van der Waals surface area (Å²) in [7, 11) is 0. The number of ketones is 1. The topological polar surface area (TPSA) is 125 Å². The lowest BCUT2D eigenvalue weighted by atomic mass is 9.87. The number of morpholine rings is 1. The van der Waals surface area contributed by atoms with E-state index >= 15 is 4.39 Å². The minimum atomic E-state index is -1.41. The largest absolute Gasteiger partial charge is 0.481 e. The molecule has 2 aromatic carbocycles. The molecule has 4 fully saturated rings. The van der Waals surface area contributed by atoms with Crippen molar-refractivity contribution < 1.29 is 37.8 Å². The number of fused-ring (bicyclic) bond motifs is 1. The van der Waals surface area contributed by atoms with E-state index in [1.807, 2.05) is 0 Å². The second-order valence-corrected chi connectivity index (χ2v) is 14.4. The fourth-order valence-electron chi connectivity index (χ4n) is 7.98. The molecule has 2 N–H and O–H groups in total. The molecule has 1 aromatic heterocycles. The molecule has 7 rings (SSSR count). The fourth-order valence-corrected chi connectivity index (χ4v) is 8.21. The van der Waals surface area contributed by atoms with E-state index in [0.717, 1.165) is 38.5 Å². The molecule has 4 aliphatic rings. The average Bonchev–Trinajstić information content (AvgIpc) is 3.80. The predicted molar refractivity (Wildman–Crippen MR) is 185 cm³/mol. The summed E-state index contributed by atoms with van der Waals surface area (Å²) in [5.74, 6) is -3.73. The quantitative estimate of drug-likeness (QED) is 0.257. The summed E-state index contributed by atoms with van der Waals surface area (Å²) in [6.07, 6.45) is 4.63.